The summed E-state index contributed by atoms with van der Waals surface area (Å²) in [6.45, 7) is 4.73. The van der Waals surface area contributed by atoms with Gasteiger partial charge < -0.3 is 10.0 Å². The van der Waals surface area contributed by atoms with Crippen LogP contribution in [0.15, 0.2) is 53.1 Å². The smallest absolute Gasteiger partial charge is 0.337 e. The molecular weight excluding hydrogens is 378 g/mol. The number of carboxylic acid groups (broad SMARTS) is 1. The van der Waals surface area contributed by atoms with Gasteiger partial charge in [0.25, 0.3) is 5.91 Å². The Hall–Kier alpha value is -3.12. The molecule has 144 valence electrons. The lowest BCUT2D eigenvalue weighted by molar-refractivity contribution is -0.114. The van der Waals surface area contributed by atoms with Crippen LogP contribution in [-0.2, 0) is 4.79 Å². The summed E-state index contributed by atoms with van der Waals surface area (Å²) < 4.78 is 0. The minimum absolute atomic E-state index is 0.0760. The molecule has 6 nitrogen and oxygen atoms in total. The number of aromatic carboxylic acids is 1. The third-order valence-electron chi connectivity index (χ3n) is 4.61. The van der Waals surface area contributed by atoms with E-state index in [9.17, 15) is 14.7 Å². The van der Waals surface area contributed by atoms with Crippen molar-refractivity contribution in [2.24, 2.45) is 5.10 Å². The lowest BCUT2D eigenvalue weighted by atomic mass is 10.1. The molecule has 1 heterocycles. The maximum atomic E-state index is 12.9. The highest BCUT2D eigenvalue weighted by Crippen LogP contribution is 2.29. The molecule has 0 aliphatic carbocycles. The fraction of sp³-hybridized carbons (Fsp3) is 0.190. The van der Waals surface area contributed by atoms with Crippen molar-refractivity contribution in [2.45, 2.75) is 13.8 Å². The van der Waals surface area contributed by atoms with Gasteiger partial charge in [-0.2, -0.15) is 10.1 Å². The van der Waals surface area contributed by atoms with Gasteiger partial charge in [-0.3, -0.25) is 4.79 Å². The van der Waals surface area contributed by atoms with Crippen LogP contribution < -0.4 is 9.91 Å². The van der Waals surface area contributed by atoms with Crippen LogP contribution in [-0.4, -0.2) is 36.3 Å². The molecule has 1 aliphatic heterocycles. The third-order valence-corrected chi connectivity index (χ3v) is 4.94. The zero-order valence-corrected chi connectivity index (χ0v) is 16.6. The molecule has 2 aromatic carbocycles. The number of hydrogen-bond donors (Lipinski definition) is 1. The lowest BCUT2D eigenvalue weighted by Gasteiger charge is -2.16. The molecule has 0 aromatic heterocycles. The minimum atomic E-state index is -1.16. The number of rotatable bonds is 5. The highest BCUT2D eigenvalue weighted by Gasteiger charge is 2.29. The highest BCUT2D eigenvalue weighted by atomic mass is 35.5. The first-order valence-electron chi connectivity index (χ1n) is 8.77. The molecule has 7 heteroatoms. The molecular formula is C21H20ClN3O3. The van der Waals surface area contributed by atoms with Crippen molar-refractivity contribution in [3.8, 4) is 0 Å². The van der Waals surface area contributed by atoms with E-state index in [1.165, 1.54) is 17.1 Å². The van der Waals surface area contributed by atoms with E-state index in [1.54, 1.807) is 19.1 Å². The van der Waals surface area contributed by atoms with Gasteiger partial charge in [-0.05, 0) is 55.8 Å². The Balaban J connectivity index is 1.90. The maximum Gasteiger partial charge on any atom is 0.337 e. The summed E-state index contributed by atoms with van der Waals surface area (Å²) in [6, 6.07) is 12.3. The first-order chi connectivity index (χ1) is 13.3. The molecule has 0 bridgehead atoms. The summed E-state index contributed by atoms with van der Waals surface area (Å²) in [7, 11) is 2.01. The van der Waals surface area contributed by atoms with E-state index in [4.69, 9.17) is 11.6 Å². The molecule has 0 saturated heterocycles. The molecule has 0 unspecified atom stereocenters. The Bertz CT molecular complexity index is 996. The van der Waals surface area contributed by atoms with Crippen molar-refractivity contribution >= 4 is 46.6 Å². The molecule has 0 spiro atoms. The van der Waals surface area contributed by atoms with Crippen LogP contribution in [0.5, 0.6) is 0 Å². The summed E-state index contributed by atoms with van der Waals surface area (Å²) in [5.74, 6) is -1.47. The topological polar surface area (TPSA) is 73.2 Å². The van der Waals surface area contributed by atoms with Gasteiger partial charge in [-0.15, -0.1) is 0 Å². The molecule has 0 atom stereocenters. The minimum Gasteiger partial charge on any atom is -0.478 e. The molecule has 2 aromatic rings. The Morgan fingerprint density at radius 1 is 1.25 bits per heavy atom. The fourth-order valence-corrected chi connectivity index (χ4v) is 3.04. The normalized spacial score (nSPS) is 15.1. The van der Waals surface area contributed by atoms with Crippen molar-refractivity contribution in [2.75, 3.05) is 23.5 Å². The SMILES string of the molecule is CCN(C)c1ccc(C=C2C(=O)N(c3ccc(Cl)c(C(=O)O)c3)N=C2C)cc1. The van der Waals surface area contributed by atoms with Crippen molar-refractivity contribution in [1.29, 1.82) is 0 Å². The van der Waals surface area contributed by atoms with Gasteiger partial charge in [0.15, 0.2) is 0 Å². The van der Waals surface area contributed by atoms with Crippen LogP contribution >= 0.6 is 11.6 Å². The predicted octanol–water partition coefficient (Wildman–Crippen LogP) is 4.30. The van der Waals surface area contributed by atoms with Gasteiger partial charge >= 0.3 is 5.97 Å². The standard InChI is InChI=1S/C21H20ClN3O3/c1-4-24(3)15-7-5-14(6-8-15)11-17-13(2)23-25(20(17)26)16-9-10-19(22)18(12-16)21(27)28/h5-12H,4H2,1-3H3,(H,27,28). The number of anilines is 2. The van der Waals surface area contributed by atoms with Crippen LogP contribution in [0.2, 0.25) is 5.02 Å². The predicted molar refractivity (Wildman–Crippen MR) is 112 cm³/mol. The number of nitrogens with zero attached hydrogens (tertiary/aromatic N) is 3. The van der Waals surface area contributed by atoms with Crippen molar-refractivity contribution in [3.63, 3.8) is 0 Å². The van der Waals surface area contributed by atoms with Gasteiger partial charge in [-0.1, -0.05) is 23.7 Å². The molecule has 28 heavy (non-hydrogen) atoms. The van der Waals surface area contributed by atoms with Crippen molar-refractivity contribution in [3.05, 3.63) is 64.2 Å². The summed E-state index contributed by atoms with van der Waals surface area (Å²) in [4.78, 5) is 26.3. The largest absolute Gasteiger partial charge is 0.478 e. The van der Waals surface area contributed by atoms with E-state index < -0.39 is 5.97 Å². The molecule has 1 N–H and O–H groups in total. The second-order valence-electron chi connectivity index (χ2n) is 6.44. The molecule has 0 saturated carbocycles. The van der Waals surface area contributed by atoms with Crippen molar-refractivity contribution < 1.29 is 14.7 Å². The van der Waals surface area contributed by atoms with Crippen LogP contribution in [0.4, 0.5) is 11.4 Å². The number of carbonyl (C=O) groups excluding carboxylic acids is 1. The first kappa shape index (κ1) is 19.6. The zero-order valence-electron chi connectivity index (χ0n) is 15.8. The Kier molecular flexibility index (Phi) is 5.51. The summed E-state index contributed by atoms with van der Waals surface area (Å²) in [6.07, 6.45) is 1.78. The van der Waals surface area contributed by atoms with Gasteiger partial charge in [-0.25, -0.2) is 4.79 Å². The van der Waals surface area contributed by atoms with E-state index in [0.29, 0.717) is 17.0 Å². The Labute approximate surface area is 168 Å². The number of carbonyl (C=O) groups is 2. The molecule has 0 fully saturated rings. The first-order valence-corrected chi connectivity index (χ1v) is 9.15. The van der Waals surface area contributed by atoms with E-state index in [2.05, 4.69) is 16.9 Å². The summed E-state index contributed by atoms with van der Waals surface area (Å²) in [5, 5.41) is 14.8. The van der Waals surface area contributed by atoms with Crippen molar-refractivity contribution in [1.82, 2.24) is 0 Å². The second kappa shape index (κ2) is 7.86. The van der Waals surface area contributed by atoms with Crippen LogP contribution in [0.3, 0.4) is 0 Å². The Morgan fingerprint density at radius 3 is 2.54 bits per heavy atom. The van der Waals surface area contributed by atoms with Crippen LogP contribution in [0, 0.1) is 0 Å². The van der Waals surface area contributed by atoms with Gasteiger partial charge in [0.1, 0.15) is 0 Å². The summed E-state index contributed by atoms with van der Waals surface area (Å²) in [5.41, 5.74) is 3.28. The zero-order chi connectivity index (χ0) is 20.4. The van der Waals surface area contributed by atoms with Crippen LogP contribution in [0.1, 0.15) is 29.8 Å². The number of amides is 1. The molecule has 1 aliphatic rings. The monoisotopic (exact) mass is 397 g/mol. The van der Waals surface area contributed by atoms with E-state index in [-0.39, 0.29) is 16.5 Å². The van der Waals surface area contributed by atoms with E-state index in [1.807, 2.05) is 31.3 Å². The Morgan fingerprint density at radius 2 is 1.93 bits per heavy atom. The number of carboxylic acids is 1. The number of hydrogen-bond acceptors (Lipinski definition) is 4. The maximum absolute atomic E-state index is 12.9. The number of benzene rings is 2. The average molecular weight is 398 g/mol. The van der Waals surface area contributed by atoms with Gasteiger partial charge in [0, 0.05) is 19.3 Å². The van der Waals surface area contributed by atoms with Crippen LogP contribution in [0.25, 0.3) is 6.08 Å². The number of halogens is 1. The second-order valence-corrected chi connectivity index (χ2v) is 6.84. The van der Waals surface area contributed by atoms with Gasteiger partial charge in [0.2, 0.25) is 0 Å². The van der Waals surface area contributed by atoms with E-state index in [0.717, 1.165) is 17.8 Å². The summed E-state index contributed by atoms with van der Waals surface area (Å²) >= 11 is 5.91. The third kappa shape index (κ3) is 3.77. The average Bonchev–Trinajstić information content (AvgIpc) is 2.96. The highest BCUT2D eigenvalue weighted by molar-refractivity contribution is 6.34. The fourth-order valence-electron chi connectivity index (χ4n) is 2.84. The number of hydrazone groups is 1. The molecule has 0 radical (unpaired) electrons. The quantitative estimate of drug-likeness (QED) is 0.763. The lowest BCUT2D eigenvalue weighted by Crippen LogP contribution is -2.21. The molecule has 3 rings (SSSR count). The van der Waals surface area contributed by atoms with E-state index >= 15 is 0 Å². The molecule has 1 amide bonds. The van der Waals surface area contributed by atoms with Gasteiger partial charge in [0.05, 0.1) is 27.6 Å².